The summed E-state index contributed by atoms with van der Waals surface area (Å²) in [5.41, 5.74) is 0.531. The van der Waals surface area contributed by atoms with Crippen molar-refractivity contribution in [2.45, 2.75) is 23.9 Å². The molecule has 0 aliphatic rings. The molecule has 0 saturated heterocycles. The van der Waals surface area contributed by atoms with E-state index in [2.05, 4.69) is 4.72 Å². The maximum Gasteiger partial charge on any atom is 0.417 e. The van der Waals surface area contributed by atoms with E-state index < -0.39 is 32.6 Å². The Bertz CT molecular complexity index is 1190. The number of carbonyl (C=O) groups is 1. The van der Waals surface area contributed by atoms with E-state index in [0.717, 1.165) is 23.8 Å². The van der Waals surface area contributed by atoms with Gasteiger partial charge in [-0.2, -0.15) is 13.2 Å². The van der Waals surface area contributed by atoms with Gasteiger partial charge in [0.1, 0.15) is 0 Å². The molecule has 2 N–H and O–H groups in total. The first-order chi connectivity index (χ1) is 14.6. The van der Waals surface area contributed by atoms with Crippen LogP contribution in [0.4, 0.5) is 18.9 Å². The Hall–Kier alpha value is -3.33. The second-order valence-corrected chi connectivity index (χ2v) is 8.41. The van der Waals surface area contributed by atoms with Crippen molar-refractivity contribution in [3.63, 3.8) is 0 Å². The number of rotatable bonds is 7. The number of sulfonamides is 1. The fourth-order valence-corrected chi connectivity index (χ4v) is 4.40. The van der Waals surface area contributed by atoms with Gasteiger partial charge in [0.25, 0.3) is 10.0 Å². The van der Waals surface area contributed by atoms with Crippen LogP contribution in [0.5, 0.6) is 0 Å². The van der Waals surface area contributed by atoms with E-state index in [1.165, 1.54) is 24.3 Å². The number of hydrogen-bond donors (Lipinski definition) is 2. The molecule has 0 aliphatic carbocycles. The zero-order valence-corrected chi connectivity index (χ0v) is 16.9. The number of nitrogens with one attached hydrogen (secondary N) is 1. The van der Waals surface area contributed by atoms with Crippen LogP contribution in [-0.4, -0.2) is 19.5 Å². The van der Waals surface area contributed by atoms with Crippen LogP contribution in [0, 0.1) is 0 Å². The van der Waals surface area contributed by atoms with Crippen LogP contribution < -0.4 is 4.72 Å². The molecule has 0 radical (unpaired) electrons. The highest BCUT2D eigenvalue weighted by molar-refractivity contribution is 7.92. The Balaban J connectivity index is 1.83. The highest BCUT2D eigenvalue weighted by atomic mass is 32.2. The molecule has 0 atom stereocenters. The lowest BCUT2D eigenvalue weighted by molar-refractivity contribution is -0.139. The number of benzene rings is 3. The van der Waals surface area contributed by atoms with Crippen molar-refractivity contribution in [2.75, 3.05) is 4.72 Å². The molecule has 0 bridgehead atoms. The summed E-state index contributed by atoms with van der Waals surface area (Å²) in [6.45, 7) is 0. The summed E-state index contributed by atoms with van der Waals surface area (Å²) in [5.74, 6) is -1.04. The first-order valence-electron chi connectivity index (χ1n) is 9.17. The third-order valence-corrected chi connectivity index (χ3v) is 6.05. The third-order valence-electron chi connectivity index (χ3n) is 4.63. The Morgan fingerprint density at radius 3 is 2.13 bits per heavy atom. The van der Waals surface area contributed by atoms with Gasteiger partial charge in [-0.05, 0) is 54.3 Å². The Morgan fingerprint density at radius 2 is 1.48 bits per heavy atom. The van der Waals surface area contributed by atoms with Crippen LogP contribution in [0.3, 0.4) is 0 Å². The average Bonchev–Trinajstić information content (AvgIpc) is 2.72. The molecule has 0 aromatic heterocycles. The number of aromatic carboxylic acids is 1. The highest BCUT2D eigenvalue weighted by Crippen LogP contribution is 2.35. The van der Waals surface area contributed by atoms with Gasteiger partial charge in [0.15, 0.2) is 0 Å². The molecule has 162 valence electrons. The second kappa shape index (κ2) is 8.81. The van der Waals surface area contributed by atoms with Gasteiger partial charge in [-0.1, -0.05) is 42.5 Å². The normalized spacial score (nSPS) is 11.8. The molecule has 0 fully saturated rings. The van der Waals surface area contributed by atoms with Gasteiger partial charge in [0.2, 0.25) is 0 Å². The molecule has 9 heteroatoms. The molecule has 3 aromatic carbocycles. The Labute approximate surface area is 177 Å². The Kier molecular flexibility index (Phi) is 6.35. The SMILES string of the molecule is O=C(O)c1ccc(CCc2ccccc2NS(=O)(=O)c2ccccc2C(F)(F)F)cc1. The highest BCUT2D eigenvalue weighted by Gasteiger charge is 2.37. The first-order valence-corrected chi connectivity index (χ1v) is 10.7. The number of hydrogen-bond acceptors (Lipinski definition) is 3. The van der Waals surface area contributed by atoms with Crippen molar-refractivity contribution >= 4 is 21.7 Å². The van der Waals surface area contributed by atoms with Gasteiger partial charge in [-0.25, -0.2) is 13.2 Å². The molecule has 3 aromatic rings. The quantitative estimate of drug-likeness (QED) is 0.532. The molecule has 0 amide bonds. The standard InChI is InChI=1S/C22H18F3NO4S/c23-22(24,25)18-6-2-4-8-20(18)31(29,30)26-19-7-3-1-5-16(19)12-9-15-10-13-17(14-11-15)21(27)28/h1-8,10-11,13-14,26H,9,12H2,(H,27,28). The summed E-state index contributed by atoms with van der Waals surface area (Å²) >= 11 is 0. The number of alkyl halides is 3. The lowest BCUT2D eigenvalue weighted by Crippen LogP contribution is -2.19. The molecule has 5 nitrogen and oxygen atoms in total. The maximum absolute atomic E-state index is 13.3. The van der Waals surface area contributed by atoms with Gasteiger partial charge in [-0.3, -0.25) is 4.72 Å². The van der Waals surface area contributed by atoms with E-state index in [0.29, 0.717) is 18.4 Å². The smallest absolute Gasteiger partial charge is 0.417 e. The summed E-state index contributed by atoms with van der Waals surface area (Å²) in [5, 5.41) is 8.96. The number of halogens is 3. The lowest BCUT2D eigenvalue weighted by atomic mass is 10.0. The minimum absolute atomic E-state index is 0.153. The maximum atomic E-state index is 13.3. The van der Waals surface area contributed by atoms with Crippen LogP contribution in [0.15, 0.2) is 77.7 Å². The molecule has 0 heterocycles. The number of para-hydroxylation sites is 1. The predicted molar refractivity (Wildman–Crippen MR) is 110 cm³/mol. The van der Waals surface area contributed by atoms with Crippen LogP contribution in [0.1, 0.15) is 27.0 Å². The average molecular weight is 449 g/mol. The van der Waals surface area contributed by atoms with Crippen LogP contribution in [0.25, 0.3) is 0 Å². The van der Waals surface area contributed by atoms with Crippen LogP contribution in [0.2, 0.25) is 0 Å². The van der Waals surface area contributed by atoms with E-state index in [1.54, 1.807) is 30.3 Å². The van der Waals surface area contributed by atoms with Crippen molar-refractivity contribution in [3.8, 4) is 0 Å². The van der Waals surface area contributed by atoms with Crippen LogP contribution in [-0.2, 0) is 29.0 Å². The number of aryl methyl sites for hydroxylation is 2. The zero-order chi connectivity index (χ0) is 22.6. The summed E-state index contributed by atoms with van der Waals surface area (Å²) in [4.78, 5) is 10.1. The second-order valence-electron chi connectivity index (χ2n) is 6.76. The van der Waals surface area contributed by atoms with Gasteiger partial charge in [0, 0.05) is 0 Å². The molecular formula is C22H18F3NO4S. The summed E-state index contributed by atoms with van der Waals surface area (Å²) in [7, 11) is -4.48. The van der Waals surface area contributed by atoms with Crippen molar-refractivity contribution in [2.24, 2.45) is 0 Å². The number of anilines is 1. The monoisotopic (exact) mass is 449 g/mol. The van der Waals surface area contributed by atoms with E-state index in [1.807, 2.05) is 0 Å². The summed E-state index contributed by atoms with van der Waals surface area (Å²) in [6.07, 6.45) is -3.93. The minimum Gasteiger partial charge on any atom is -0.478 e. The van der Waals surface area contributed by atoms with E-state index in [-0.39, 0.29) is 11.3 Å². The molecule has 31 heavy (non-hydrogen) atoms. The van der Waals surface area contributed by atoms with Crippen molar-refractivity contribution in [1.82, 2.24) is 0 Å². The van der Waals surface area contributed by atoms with Gasteiger partial charge >= 0.3 is 12.1 Å². The van der Waals surface area contributed by atoms with E-state index in [4.69, 9.17) is 5.11 Å². The van der Waals surface area contributed by atoms with Gasteiger partial charge in [0.05, 0.1) is 21.7 Å². The third kappa shape index (κ3) is 5.43. The predicted octanol–water partition coefficient (Wildman–Crippen LogP) is 4.99. The fourth-order valence-electron chi connectivity index (χ4n) is 3.07. The summed E-state index contributed by atoms with van der Waals surface area (Å²) in [6, 6.07) is 16.7. The lowest BCUT2D eigenvalue weighted by Gasteiger charge is -2.16. The molecule has 0 aliphatic heterocycles. The van der Waals surface area contributed by atoms with Gasteiger partial charge < -0.3 is 5.11 Å². The summed E-state index contributed by atoms with van der Waals surface area (Å²) < 4.78 is 67.5. The molecule has 0 spiro atoms. The topological polar surface area (TPSA) is 83.5 Å². The zero-order valence-electron chi connectivity index (χ0n) is 16.1. The van der Waals surface area contributed by atoms with Crippen LogP contribution >= 0.6 is 0 Å². The minimum atomic E-state index is -4.81. The molecular weight excluding hydrogens is 431 g/mol. The number of carboxylic acids is 1. The molecule has 0 unspecified atom stereocenters. The number of carboxylic acid groups (broad SMARTS) is 1. The fraction of sp³-hybridized carbons (Fsp3) is 0.136. The first kappa shape index (κ1) is 22.4. The van der Waals surface area contributed by atoms with E-state index >= 15 is 0 Å². The van der Waals surface area contributed by atoms with Crippen molar-refractivity contribution < 1.29 is 31.5 Å². The van der Waals surface area contributed by atoms with Gasteiger partial charge in [-0.15, -0.1) is 0 Å². The molecule has 0 saturated carbocycles. The largest absolute Gasteiger partial charge is 0.478 e. The van der Waals surface area contributed by atoms with Crippen molar-refractivity contribution in [1.29, 1.82) is 0 Å². The van der Waals surface area contributed by atoms with E-state index in [9.17, 15) is 26.4 Å². The Morgan fingerprint density at radius 1 is 0.871 bits per heavy atom. The molecule has 3 rings (SSSR count). The van der Waals surface area contributed by atoms with Crippen molar-refractivity contribution in [3.05, 3.63) is 95.1 Å².